The van der Waals surface area contributed by atoms with Crippen LogP contribution in [0.25, 0.3) is 0 Å². The van der Waals surface area contributed by atoms with Crippen molar-refractivity contribution in [2.45, 2.75) is 19.4 Å². The van der Waals surface area contributed by atoms with Crippen molar-refractivity contribution in [2.24, 2.45) is 0 Å². The molecule has 2 aromatic carbocycles. The highest BCUT2D eigenvalue weighted by Crippen LogP contribution is 2.46. The third kappa shape index (κ3) is 5.41. The zero-order valence-electron chi connectivity index (χ0n) is 17.7. The fraction of sp³-hybridized carbons (Fsp3) is 0.333. The number of carbonyl (C=O) groups is 2. The number of nitrogens with zero attached hydrogens (tertiary/aromatic N) is 1. The average Bonchev–Trinajstić information content (AvgIpc) is 2.77. The van der Waals surface area contributed by atoms with Gasteiger partial charge in [-0.25, -0.2) is 4.79 Å². The van der Waals surface area contributed by atoms with Gasteiger partial charge in [-0.05, 0) is 12.5 Å². The van der Waals surface area contributed by atoms with E-state index in [0.29, 0.717) is 0 Å². The fourth-order valence-electron chi connectivity index (χ4n) is 3.02. The van der Waals surface area contributed by atoms with Crippen molar-refractivity contribution in [1.29, 1.82) is 0 Å². The molecule has 10 heteroatoms. The lowest BCUT2D eigenvalue weighted by molar-refractivity contribution is -0.386. The maximum Gasteiger partial charge on any atom is 0.328 e. The van der Waals surface area contributed by atoms with Crippen LogP contribution >= 0.6 is 0 Å². The molecule has 0 fully saturated rings. The summed E-state index contributed by atoms with van der Waals surface area (Å²) in [5, 5.41) is 14.3. The normalized spacial score (nSPS) is 11.2. The van der Waals surface area contributed by atoms with Crippen molar-refractivity contribution < 1.29 is 33.5 Å². The molecule has 0 aliphatic rings. The Kier molecular flexibility index (Phi) is 8.18. The highest BCUT2D eigenvalue weighted by atomic mass is 16.6. The van der Waals surface area contributed by atoms with Gasteiger partial charge in [0.25, 0.3) is 5.91 Å². The smallest absolute Gasteiger partial charge is 0.328 e. The number of carbonyl (C=O) groups excluding carboxylic acids is 2. The van der Waals surface area contributed by atoms with Crippen LogP contribution in [0.4, 0.5) is 5.69 Å². The summed E-state index contributed by atoms with van der Waals surface area (Å²) >= 11 is 0. The largest absolute Gasteiger partial charge is 0.493 e. The fourth-order valence-corrected chi connectivity index (χ4v) is 3.02. The van der Waals surface area contributed by atoms with Crippen LogP contribution in [0.2, 0.25) is 0 Å². The van der Waals surface area contributed by atoms with Crippen LogP contribution in [-0.4, -0.2) is 50.8 Å². The number of rotatable bonds is 10. The lowest BCUT2D eigenvalue weighted by atomic mass is 10.0. The molecular formula is C21H24N2O8. The van der Waals surface area contributed by atoms with Crippen molar-refractivity contribution in [2.75, 3.05) is 27.9 Å². The number of amides is 1. The first-order valence-electron chi connectivity index (χ1n) is 9.36. The molecule has 1 amide bonds. The van der Waals surface area contributed by atoms with Gasteiger partial charge in [-0.3, -0.25) is 14.9 Å². The molecule has 0 saturated carbocycles. The summed E-state index contributed by atoms with van der Waals surface area (Å²) in [4.78, 5) is 36.5. The van der Waals surface area contributed by atoms with Gasteiger partial charge in [-0.2, -0.15) is 0 Å². The minimum atomic E-state index is -1.06. The molecule has 0 aromatic heterocycles. The molecule has 2 rings (SSSR count). The van der Waals surface area contributed by atoms with Gasteiger partial charge in [0.05, 0.1) is 32.9 Å². The summed E-state index contributed by atoms with van der Waals surface area (Å²) in [6.07, 6.45) is 0.142. The standard InChI is InChI=1S/C21H24N2O8/c1-5-31-21(25)15(11-13-9-7-6-8-10-13)22-20(24)14-12-16(28-2)18(29-3)19(30-4)17(14)23(26)27/h6-10,12,15H,5,11H2,1-4H3,(H,22,24). The van der Waals surface area contributed by atoms with Gasteiger partial charge >= 0.3 is 11.7 Å². The van der Waals surface area contributed by atoms with E-state index in [2.05, 4.69) is 5.32 Å². The molecule has 10 nitrogen and oxygen atoms in total. The van der Waals surface area contributed by atoms with Crippen molar-refractivity contribution in [3.8, 4) is 17.2 Å². The Morgan fingerprint density at radius 3 is 2.23 bits per heavy atom. The molecule has 0 heterocycles. The first-order valence-corrected chi connectivity index (χ1v) is 9.36. The second-order valence-electron chi connectivity index (χ2n) is 6.27. The van der Waals surface area contributed by atoms with Gasteiger partial charge in [0.1, 0.15) is 11.6 Å². The second kappa shape index (κ2) is 10.8. The number of nitro benzene ring substituents is 1. The van der Waals surface area contributed by atoms with Crippen LogP contribution in [0.3, 0.4) is 0 Å². The van der Waals surface area contributed by atoms with E-state index < -0.39 is 28.5 Å². The van der Waals surface area contributed by atoms with E-state index in [1.54, 1.807) is 31.2 Å². The molecule has 0 aliphatic carbocycles. The Balaban J connectivity index is 2.49. The quantitative estimate of drug-likeness (QED) is 0.345. The first kappa shape index (κ1) is 23.5. The number of hydrogen-bond donors (Lipinski definition) is 1. The van der Waals surface area contributed by atoms with Gasteiger partial charge in [-0.15, -0.1) is 0 Å². The predicted octanol–water partition coefficient (Wildman–Crippen LogP) is 2.52. The van der Waals surface area contributed by atoms with Gasteiger partial charge in [0, 0.05) is 12.5 Å². The number of hydrogen-bond acceptors (Lipinski definition) is 8. The number of nitro groups is 1. The van der Waals surface area contributed by atoms with Crippen molar-refractivity contribution >= 4 is 17.6 Å². The second-order valence-corrected chi connectivity index (χ2v) is 6.27. The predicted molar refractivity (Wildman–Crippen MR) is 111 cm³/mol. The molecule has 0 bridgehead atoms. The highest BCUT2D eigenvalue weighted by molar-refractivity contribution is 6.02. The Bertz CT molecular complexity index is 946. The monoisotopic (exact) mass is 432 g/mol. The molecule has 1 N–H and O–H groups in total. The zero-order chi connectivity index (χ0) is 23.0. The minimum Gasteiger partial charge on any atom is -0.493 e. The lowest BCUT2D eigenvalue weighted by Crippen LogP contribution is -2.43. The van der Waals surface area contributed by atoms with Gasteiger partial charge in [-0.1, -0.05) is 30.3 Å². The SMILES string of the molecule is CCOC(=O)C(Cc1ccccc1)NC(=O)c1cc(OC)c(OC)c(OC)c1[N+](=O)[O-]. The van der Waals surface area contributed by atoms with E-state index in [-0.39, 0.29) is 35.8 Å². The average molecular weight is 432 g/mol. The molecule has 166 valence electrons. The van der Waals surface area contributed by atoms with E-state index in [4.69, 9.17) is 18.9 Å². The zero-order valence-corrected chi connectivity index (χ0v) is 17.7. The summed E-state index contributed by atoms with van der Waals surface area (Å²) in [5.74, 6) is -1.76. The summed E-state index contributed by atoms with van der Waals surface area (Å²) in [5.41, 5.74) is -0.179. The van der Waals surface area contributed by atoms with Gasteiger partial charge in [0.2, 0.25) is 11.5 Å². The minimum absolute atomic E-state index is 0.0283. The number of nitrogens with one attached hydrogen (secondary N) is 1. The maximum atomic E-state index is 13.0. The first-order chi connectivity index (χ1) is 14.9. The Labute approximate surface area is 179 Å². The van der Waals surface area contributed by atoms with E-state index in [1.807, 2.05) is 6.07 Å². The number of methoxy groups -OCH3 is 3. The Hall–Kier alpha value is -3.82. The molecule has 31 heavy (non-hydrogen) atoms. The van der Waals surface area contributed by atoms with Crippen LogP contribution in [0, 0.1) is 10.1 Å². The Morgan fingerprint density at radius 2 is 1.71 bits per heavy atom. The Morgan fingerprint density at radius 1 is 1.06 bits per heavy atom. The highest BCUT2D eigenvalue weighted by Gasteiger charge is 2.34. The van der Waals surface area contributed by atoms with Crippen molar-refractivity contribution in [3.63, 3.8) is 0 Å². The van der Waals surface area contributed by atoms with Crippen LogP contribution in [0.5, 0.6) is 17.2 Å². The van der Waals surface area contributed by atoms with E-state index >= 15 is 0 Å². The summed E-state index contributed by atoms with van der Waals surface area (Å²) in [6, 6.07) is 9.10. The molecule has 1 atom stereocenters. The maximum absolute atomic E-state index is 13.0. The van der Waals surface area contributed by atoms with Crippen molar-refractivity contribution in [3.05, 3.63) is 57.6 Å². The topological polar surface area (TPSA) is 126 Å². The van der Waals surface area contributed by atoms with E-state index in [1.165, 1.54) is 27.4 Å². The third-order valence-electron chi connectivity index (χ3n) is 4.39. The van der Waals surface area contributed by atoms with Crippen LogP contribution in [-0.2, 0) is 16.0 Å². The van der Waals surface area contributed by atoms with Crippen LogP contribution in [0.1, 0.15) is 22.8 Å². The lowest BCUT2D eigenvalue weighted by Gasteiger charge is -2.19. The number of ether oxygens (including phenoxy) is 4. The molecular weight excluding hydrogens is 408 g/mol. The molecule has 0 spiro atoms. The van der Waals surface area contributed by atoms with E-state index in [0.717, 1.165) is 5.56 Å². The van der Waals surface area contributed by atoms with Crippen molar-refractivity contribution in [1.82, 2.24) is 5.32 Å². The van der Waals surface area contributed by atoms with Crippen LogP contribution in [0.15, 0.2) is 36.4 Å². The molecule has 0 saturated heterocycles. The molecule has 1 unspecified atom stereocenters. The summed E-state index contributed by atoms with van der Waals surface area (Å²) in [6.45, 7) is 1.76. The van der Waals surface area contributed by atoms with E-state index in [9.17, 15) is 19.7 Å². The molecule has 0 aliphatic heterocycles. The van der Waals surface area contributed by atoms with Crippen LogP contribution < -0.4 is 19.5 Å². The summed E-state index contributed by atoms with van der Waals surface area (Å²) < 4.78 is 20.5. The summed E-state index contributed by atoms with van der Waals surface area (Å²) in [7, 11) is 3.82. The number of esters is 1. The van der Waals surface area contributed by atoms with Gasteiger partial charge in [0.15, 0.2) is 5.75 Å². The molecule has 2 aromatic rings. The molecule has 0 radical (unpaired) electrons. The number of benzene rings is 2. The van der Waals surface area contributed by atoms with Gasteiger partial charge < -0.3 is 24.3 Å². The third-order valence-corrected chi connectivity index (χ3v) is 4.39.